The summed E-state index contributed by atoms with van der Waals surface area (Å²) in [7, 11) is 0. The van der Waals surface area contributed by atoms with Crippen molar-refractivity contribution in [2.24, 2.45) is 5.73 Å². The van der Waals surface area contributed by atoms with Gasteiger partial charge in [-0.05, 0) is 67.3 Å². The molecule has 0 radical (unpaired) electrons. The highest BCUT2D eigenvalue weighted by atomic mass is 16.2. The molecule has 174 valence electrons. The highest BCUT2D eigenvalue weighted by molar-refractivity contribution is 5.94. The first-order valence-corrected chi connectivity index (χ1v) is 10.9. The van der Waals surface area contributed by atoms with Crippen LogP contribution >= 0.6 is 0 Å². The van der Waals surface area contributed by atoms with Gasteiger partial charge in [0.25, 0.3) is 5.56 Å². The number of nitrogens with one attached hydrogen (secondary N) is 1. The van der Waals surface area contributed by atoms with Gasteiger partial charge >= 0.3 is 0 Å². The molecule has 0 aliphatic rings. The predicted octanol–water partition coefficient (Wildman–Crippen LogP) is 3.06. The molecule has 9 nitrogen and oxygen atoms in total. The van der Waals surface area contributed by atoms with Crippen LogP contribution in [-0.4, -0.2) is 31.4 Å². The minimum absolute atomic E-state index is 0.0103. The molecule has 0 bridgehead atoms. The predicted molar refractivity (Wildman–Crippen MR) is 130 cm³/mol. The van der Waals surface area contributed by atoms with Crippen LogP contribution in [0.4, 0.5) is 5.69 Å². The van der Waals surface area contributed by atoms with Crippen molar-refractivity contribution < 1.29 is 9.59 Å². The summed E-state index contributed by atoms with van der Waals surface area (Å²) in [5, 5.41) is 12.3. The third kappa shape index (κ3) is 4.32. The molecule has 9 heteroatoms. The Kier molecular flexibility index (Phi) is 6.02. The Morgan fingerprint density at radius 1 is 1.06 bits per heavy atom. The van der Waals surface area contributed by atoms with Gasteiger partial charge in [0.05, 0.1) is 17.6 Å². The smallest absolute Gasteiger partial charge is 0.293 e. The molecular formula is C25H26N6O3. The fourth-order valence-corrected chi connectivity index (χ4v) is 3.73. The summed E-state index contributed by atoms with van der Waals surface area (Å²) in [5.41, 5.74) is 9.71. The highest BCUT2D eigenvalue weighted by Crippen LogP contribution is 2.24. The summed E-state index contributed by atoms with van der Waals surface area (Å²) in [6.07, 6.45) is 1.65. The molecule has 0 aliphatic heterocycles. The summed E-state index contributed by atoms with van der Waals surface area (Å²) < 4.78 is 2.78. The van der Waals surface area contributed by atoms with Crippen LogP contribution in [0.25, 0.3) is 16.6 Å². The van der Waals surface area contributed by atoms with Crippen molar-refractivity contribution in [2.45, 2.75) is 40.2 Å². The quantitative estimate of drug-likeness (QED) is 0.459. The van der Waals surface area contributed by atoms with E-state index in [0.717, 1.165) is 16.8 Å². The second-order valence-corrected chi connectivity index (χ2v) is 8.58. The van der Waals surface area contributed by atoms with Crippen LogP contribution in [0.2, 0.25) is 0 Å². The van der Waals surface area contributed by atoms with Crippen molar-refractivity contribution in [3.05, 3.63) is 81.4 Å². The molecule has 3 N–H and O–H groups in total. The first-order chi connectivity index (χ1) is 16.2. The van der Waals surface area contributed by atoms with E-state index in [0.29, 0.717) is 27.8 Å². The first kappa shape index (κ1) is 22.9. The van der Waals surface area contributed by atoms with Crippen LogP contribution in [0.1, 0.15) is 46.9 Å². The van der Waals surface area contributed by atoms with Crippen LogP contribution in [0, 0.1) is 13.8 Å². The van der Waals surface area contributed by atoms with Gasteiger partial charge in [0.1, 0.15) is 12.1 Å². The molecule has 0 aliphatic carbocycles. The number of primary amides is 1. The minimum atomic E-state index is -0.552. The Morgan fingerprint density at radius 2 is 1.76 bits per heavy atom. The lowest BCUT2D eigenvalue weighted by atomic mass is 10.1. The summed E-state index contributed by atoms with van der Waals surface area (Å²) in [4.78, 5) is 37.4. The molecule has 0 fully saturated rings. The van der Waals surface area contributed by atoms with Crippen LogP contribution in [0.15, 0.2) is 53.5 Å². The van der Waals surface area contributed by atoms with Gasteiger partial charge in [-0.2, -0.15) is 10.2 Å². The lowest BCUT2D eigenvalue weighted by Gasteiger charge is -2.13. The molecule has 4 aromatic rings. The molecule has 0 atom stereocenters. The van der Waals surface area contributed by atoms with E-state index in [1.54, 1.807) is 23.0 Å². The zero-order chi connectivity index (χ0) is 24.6. The van der Waals surface area contributed by atoms with Gasteiger partial charge in [-0.15, -0.1) is 0 Å². The molecule has 2 aromatic carbocycles. The maximum atomic E-state index is 13.4. The van der Waals surface area contributed by atoms with Crippen molar-refractivity contribution in [3.63, 3.8) is 0 Å². The molecule has 2 heterocycles. The number of carbonyl (C=O) groups is 2. The molecular weight excluding hydrogens is 432 g/mol. The van der Waals surface area contributed by atoms with Crippen molar-refractivity contribution in [2.75, 3.05) is 5.32 Å². The molecule has 0 saturated heterocycles. The number of aryl methyl sites for hydroxylation is 2. The molecule has 0 saturated carbocycles. The van der Waals surface area contributed by atoms with Gasteiger partial charge in [-0.1, -0.05) is 19.9 Å². The number of fused-ring (bicyclic) bond motifs is 1. The van der Waals surface area contributed by atoms with E-state index in [1.165, 1.54) is 16.8 Å². The molecule has 4 rings (SSSR count). The summed E-state index contributed by atoms with van der Waals surface area (Å²) >= 11 is 0. The summed E-state index contributed by atoms with van der Waals surface area (Å²) in [6.45, 7) is 7.71. The number of hydrogen-bond donors (Lipinski definition) is 2. The Morgan fingerprint density at radius 3 is 2.38 bits per heavy atom. The second kappa shape index (κ2) is 8.93. The Bertz CT molecular complexity index is 1460. The number of aromatic nitrogens is 4. The van der Waals surface area contributed by atoms with E-state index >= 15 is 0 Å². The van der Waals surface area contributed by atoms with Crippen molar-refractivity contribution >= 4 is 28.4 Å². The zero-order valence-corrected chi connectivity index (χ0v) is 19.5. The Balaban J connectivity index is 1.73. The van der Waals surface area contributed by atoms with Crippen LogP contribution in [0.3, 0.4) is 0 Å². The second-order valence-electron chi connectivity index (χ2n) is 8.58. The van der Waals surface area contributed by atoms with Crippen molar-refractivity contribution in [3.8, 4) is 5.69 Å². The van der Waals surface area contributed by atoms with Crippen LogP contribution in [-0.2, 0) is 11.3 Å². The van der Waals surface area contributed by atoms with E-state index < -0.39 is 17.4 Å². The number of benzene rings is 2. The van der Waals surface area contributed by atoms with E-state index in [2.05, 4.69) is 15.5 Å². The third-order valence-electron chi connectivity index (χ3n) is 5.74. The topological polar surface area (TPSA) is 125 Å². The normalized spacial score (nSPS) is 11.2. The largest absolute Gasteiger partial charge is 0.366 e. The minimum Gasteiger partial charge on any atom is -0.366 e. The average molecular weight is 459 g/mol. The average Bonchev–Trinajstić information content (AvgIpc) is 3.23. The fraction of sp³-hybridized carbons (Fsp3) is 0.240. The Labute approximate surface area is 196 Å². The monoisotopic (exact) mass is 458 g/mol. The van der Waals surface area contributed by atoms with Crippen LogP contribution < -0.4 is 16.6 Å². The van der Waals surface area contributed by atoms with E-state index in [4.69, 9.17) is 5.73 Å². The van der Waals surface area contributed by atoms with Gasteiger partial charge < -0.3 is 11.1 Å². The summed E-state index contributed by atoms with van der Waals surface area (Å²) in [5.74, 6) is -0.965. The fourth-order valence-electron chi connectivity index (χ4n) is 3.73. The lowest BCUT2D eigenvalue weighted by molar-refractivity contribution is -0.117. The van der Waals surface area contributed by atoms with E-state index in [9.17, 15) is 14.4 Å². The van der Waals surface area contributed by atoms with Crippen molar-refractivity contribution in [1.82, 2.24) is 19.6 Å². The number of rotatable bonds is 6. The number of anilines is 1. The van der Waals surface area contributed by atoms with Crippen LogP contribution in [0.5, 0.6) is 0 Å². The van der Waals surface area contributed by atoms with Crippen molar-refractivity contribution in [1.29, 1.82) is 0 Å². The number of carbonyl (C=O) groups excluding carboxylic acids is 2. The van der Waals surface area contributed by atoms with Gasteiger partial charge in [0.15, 0.2) is 0 Å². The Hall–Kier alpha value is -4.27. The standard InChI is InChI=1S/C25H26N6O3/c1-14(2)22-20-12-27-31(19-10-5-15(3)16(4)11-19)23(20)25(34)30(29-22)13-21(32)28-18-8-6-17(7-9-18)24(26)33/h5-12,14H,13H2,1-4H3,(H2,26,33)(H,28,32). The van der Waals surface area contributed by atoms with Gasteiger partial charge in [0, 0.05) is 16.6 Å². The maximum Gasteiger partial charge on any atom is 0.293 e. The highest BCUT2D eigenvalue weighted by Gasteiger charge is 2.20. The number of hydrogen-bond acceptors (Lipinski definition) is 5. The van der Waals surface area contributed by atoms with E-state index in [-0.39, 0.29) is 12.5 Å². The third-order valence-corrected chi connectivity index (χ3v) is 5.74. The summed E-state index contributed by atoms with van der Waals surface area (Å²) in [6, 6.07) is 12.1. The lowest BCUT2D eigenvalue weighted by Crippen LogP contribution is -2.31. The molecule has 34 heavy (non-hydrogen) atoms. The van der Waals surface area contributed by atoms with Gasteiger partial charge in [0.2, 0.25) is 11.8 Å². The van der Waals surface area contributed by atoms with E-state index in [1.807, 2.05) is 45.9 Å². The SMILES string of the molecule is Cc1ccc(-n2ncc3c(C(C)C)nn(CC(=O)Nc4ccc(C(N)=O)cc4)c(=O)c32)cc1C. The molecule has 0 spiro atoms. The first-order valence-electron chi connectivity index (χ1n) is 10.9. The zero-order valence-electron chi connectivity index (χ0n) is 19.5. The molecule has 2 amide bonds. The maximum absolute atomic E-state index is 13.4. The molecule has 2 aromatic heterocycles. The number of amides is 2. The number of nitrogens with two attached hydrogens (primary N) is 1. The number of nitrogens with zero attached hydrogens (tertiary/aromatic N) is 4. The van der Waals surface area contributed by atoms with Gasteiger partial charge in [-0.25, -0.2) is 9.36 Å². The van der Waals surface area contributed by atoms with Gasteiger partial charge in [-0.3, -0.25) is 14.4 Å². The molecule has 0 unspecified atom stereocenters.